The van der Waals surface area contributed by atoms with Crippen molar-refractivity contribution < 1.29 is 9.47 Å². The van der Waals surface area contributed by atoms with Crippen LogP contribution in [-0.2, 0) is 9.47 Å². The topological polar surface area (TPSA) is 70.3 Å². The van der Waals surface area contributed by atoms with Crippen LogP contribution >= 0.6 is 0 Å². The first-order valence-corrected chi connectivity index (χ1v) is 7.44. The molecular formula is C15H23N3O2. The smallest absolute Gasteiger partial charge is 0.0756 e. The van der Waals surface area contributed by atoms with E-state index in [0.29, 0.717) is 5.92 Å². The summed E-state index contributed by atoms with van der Waals surface area (Å²) in [6.45, 7) is 4.32. The molecule has 0 amide bonds. The van der Waals surface area contributed by atoms with Gasteiger partial charge in [-0.3, -0.25) is 9.97 Å². The Morgan fingerprint density at radius 2 is 2.05 bits per heavy atom. The third-order valence-corrected chi connectivity index (χ3v) is 4.59. The number of nitrogens with zero attached hydrogens (tertiary/aromatic N) is 2. The van der Waals surface area contributed by atoms with Crippen LogP contribution in [0, 0.1) is 12.8 Å². The number of nitrogens with two attached hydrogens (primary N) is 1. The summed E-state index contributed by atoms with van der Waals surface area (Å²) in [6.07, 6.45) is 7.57. The Morgan fingerprint density at radius 3 is 2.75 bits per heavy atom. The molecule has 2 atom stereocenters. The predicted octanol–water partition coefficient (Wildman–Crippen LogP) is 1.76. The zero-order chi connectivity index (χ0) is 14.0. The van der Waals surface area contributed by atoms with Crippen LogP contribution in [0.5, 0.6) is 0 Å². The van der Waals surface area contributed by atoms with Crippen LogP contribution in [0.1, 0.15) is 43.1 Å². The van der Waals surface area contributed by atoms with E-state index in [4.69, 9.17) is 15.2 Å². The van der Waals surface area contributed by atoms with Crippen molar-refractivity contribution in [3.05, 3.63) is 23.8 Å². The first kappa shape index (κ1) is 13.9. The second-order valence-electron chi connectivity index (χ2n) is 6.01. The molecule has 5 heteroatoms. The molecule has 0 aliphatic carbocycles. The summed E-state index contributed by atoms with van der Waals surface area (Å²) in [6, 6.07) is -0.0493. The number of aryl methyl sites for hydroxylation is 1. The Morgan fingerprint density at radius 1 is 1.25 bits per heavy atom. The van der Waals surface area contributed by atoms with Gasteiger partial charge in [0.1, 0.15) is 0 Å². The van der Waals surface area contributed by atoms with Gasteiger partial charge in [-0.1, -0.05) is 0 Å². The maximum absolute atomic E-state index is 6.42. The van der Waals surface area contributed by atoms with Crippen LogP contribution < -0.4 is 5.73 Å². The average Bonchev–Trinajstić information content (AvgIpc) is 2.48. The van der Waals surface area contributed by atoms with Gasteiger partial charge in [-0.25, -0.2) is 0 Å². The fraction of sp³-hybridized carbons (Fsp3) is 0.733. The Kier molecular flexibility index (Phi) is 4.01. The molecule has 1 aromatic rings. The highest BCUT2D eigenvalue weighted by atomic mass is 16.5. The summed E-state index contributed by atoms with van der Waals surface area (Å²) in [5.41, 5.74) is 8.22. The lowest BCUT2D eigenvalue weighted by Gasteiger charge is -2.44. The quantitative estimate of drug-likeness (QED) is 0.892. The highest BCUT2D eigenvalue weighted by Crippen LogP contribution is 2.40. The second kappa shape index (κ2) is 5.76. The number of ether oxygens (including phenoxy) is 2. The Balaban J connectivity index is 1.71. The fourth-order valence-corrected chi connectivity index (χ4v) is 3.28. The van der Waals surface area contributed by atoms with Crippen molar-refractivity contribution in [2.75, 3.05) is 19.8 Å². The molecule has 2 saturated heterocycles. The normalized spacial score (nSPS) is 27.4. The van der Waals surface area contributed by atoms with E-state index in [0.717, 1.165) is 56.9 Å². The van der Waals surface area contributed by atoms with Gasteiger partial charge in [0.05, 0.1) is 29.2 Å². The van der Waals surface area contributed by atoms with Crippen molar-refractivity contribution in [3.8, 4) is 0 Å². The SMILES string of the molecule is Cc1cnc(C(N)C2CCOC3(CCOCC3)C2)cn1. The number of rotatable bonds is 2. The molecule has 110 valence electrons. The van der Waals surface area contributed by atoms with Crippen LogP contribution in [0.25, 0.3) is 0 Å². The van der Waals surface area contributed by atoms with Gasteiger partial charge in [-0.15, -0.1) is 0 Å². The molecule has 20 heavy (non-hydrogen) atoms. The molecule has 3 rings (SSSR count). The molecule has 2 aliphatic heterocycles. The highest BCUT2D eigenvalue weighted by molar-refractivity contribution is 5.08. The Hall–Kier alpha value is -1.04. The molecule has 1 aromatic heterocycles. The molecule has 2 unspecified atom stereocenters. The molecule has 0 bridgehead atoms. The molecule has 3 heterocycles. The van der Waals surface area contributed by atoms with E-state index in [-0.39, 0.29) is 11.6 Å². The number of hydrogen-bond acceptors (Lipinski definition) is 5. The van der Waals surface area contributed by atoms with E-state index >= 15 is 0 Å². The van der Waals surface area contributed by atoms with E-state index in [1.807, 2.05) is 13.1 Å². The van der Waals surface area contributed by atoms with Crippen LogP contribution in [0.15, 0.2) is 12.4 Å². The van der Waals surface area contributed by atoms with Gasteiger partial charge in [0, 0.05) is 26.0 Å². The summed E-state index contributed by atoms with van der Waals surface area (Å²) < 4.78 is 11.5. The minimum absolute atomic E-state index is 0.0170. The van der Waals surface area contributed by atoms with Gasteiger partial charge in [-0.05, 0) is 38.5 Å². The lowest BCUT2D eigenvalue weighted by Crippen LogP contribution is -2.46. The molecule has 2 aliphatic rings. The van der Waals surface area contributed by atoms with Gasteiger partial charge >= 0.3 is 0 Å². The zero-order valence-corrected chi connectivity index (χ0v) is 12.0. The first-order valence-electron chi connectivity index (χ1n) is 7.44. The van der Waals surface area contributed by atoms with Crippen molar-refractivity contribution in [1.29, 1.82) is 0 Å². The van der Waals surface area contributed by atoms with E-state index in [1.165, 1.54) is 0 Å². The molecule has 1 spiro atoms. The molecule has 0 saturated carbocycles. The van der Waals surface area contributed by atoms with Crippen molar-refractivity contribution >= 4 is 0 Å². The Bertz CT molecular complexity index is 437. The predicted molar refractivity (Wildman–Crippen MR) is 75.2 cm³/mol. The van der Waals surface area contributed by atoms with Gasteiger partial charge in [0.25, 0.3) is 0 Å². The monoisotopic (exact) mass is 277 g/mol. The lowest BCUT2D eigenvalue weighted by molar-refractivity contribution is -0.149. The molecule has 2 fully saturated rings. The summed E-state index contributed by atoms with van der Waals surface area (Å²) >= 11 is 0. The van der Waals surface area contributed by atoms with Crippen molar-refractivity contribution in [2.45, 2.75) is 44.2 Å². The number of aromatic nitrogens is 2. The van der Waals surface area contributed by atoms with Crippen molar-refractivity contribution in [2.24, 2.45) is 11.7 Å². The third-order valence-electron chi connectivity index (χ3n) is 4.59. The van der Waals surface area contributed by atoms with Crippen LogP contribution in [0.2, 0.25) is 0 Å². The standard InChI is InChI=1S/C15H23N3O2/c1-11-9-18-13(10-17-11)14(16)12-2-5-20-15(8-12)3-6-19-7-4-15/h9-10,12,14H,2-8,16H2,1H3. The minimum Gasteiger partial charge on any atom is -0.381 e. The van der Waals surface area contributed by atoms with Crippen molar-refractivity contribution in [1.82, 2.24) is 9.97 Å². The largest absolute Gasteiger partial charge is 0.381 e. The minimum atomic E-state index is -0.0493. The summed E-state index contributed by atoms with van der Waals surface area (Å²) in [4.78, 5) is 8.74. The van der Waals surface area contributed by atoms with E-state index < -0.39 is 0 Å². The highest BCUT2D eigenvalue weighted by Gasteiger charge is 2.41. The van der Waals surface area contributed by atoms with Crippen LogP contribution in [0.3, 0.4) is 0 Å². The lowest BCUT2D eigenvalue weighted by atomic mass is 9.77. The summed E-state index contributed by atoms with van der Waals surface area (Å²) in [5.74, 6) is 0.416. The van der Waals surface area contributed by atoms with E-state index in [1.54, 1.807) is 6.20 Å². The summed E-state index contributed by atoms with van der Waals surface area (Å²) in [7, 11) is 0. The maximum atomic E-state index is 6.42. The second-order valence-corrected chi connectivity index (χ2v) is 6.01. The van der Waals surface area contributed by atoms with Gasteiger partial charge in [0.15, 0.2) is 0 Å². The van der Waals surface area contributed by atoms with Crippen molar-refractivity contribution in [3.63, 3.8) is 0 Å². The van der Waals surface area contributed by atoms with Gasteiger partial charge in [-0.2, -0.15) is 0 Å². The molecule has 5 nitrogen and oxygen atoms in total. The zero-order valence-electron chi connectivity index (χ0n) is 12.0. The van der Waals surface area contributed by atoms with Gasteiger partial charge in [0.2, 0.25) is 0 Å². The molecule has 0 radical (unpaired) electrons. The average molecular weight is 277 g/mol. The fourth-order valence-electron chi connectivity index (χ4n) is 3.28. The van der Waals surface area contributed by atoms with Crippen LogP contribution in [0.4, 0.5) is 0 Å². The third kappa shape index (κ3) is 2.85. The molecule has 2 N–H and O–H groups in total. The Labute approximate surface area is 119 Å². The summed E-state index contributed by atoms with van der Waals surface area (Å²) in [5, 5.41) is 0. The van der Waals surface area contributed by atoms with Gasteiger partial charge < -0.3 is 15.2 Å². The molecule has 0 aromatic carbocycles. The molecular weight excluding hydrogens is 254 g/mol. The first-order chi connectivity index (χ1) is 9.69. The number of hydrogen-bond donors (Lipinski definition) is 1. The van der Waals surface area contributed by atoms with Crippen LogP contribution in [-0.4, -0.2) is 35.4 Å². The maximum Gasteiger partial charge on any atom is 0.0756 e. The van der Waals surface area contributed by atoms with E-state index in [2.05, 4.69) is 9.97 Å². The van der Waals surface area contributed by atoms with E-state index in [9.17, 15) is 0 Å².